The lowest BCUT2D eigenvalue weighted by molar-refractivity contribution is -0.139. The van der Waals surface area contributed by atoms with Crippen LogP contribution in [-0.2, 0) is 9.59 Å². The second kappa shape index (κ2) is 16.9. The zero-order valence-electron chi connectivity index (χ0n) is 29.1. The van der Waals surface area contributed by atoms with Crippen LogP contribution >= 0.6 is 11.8 Å². The molecule has 2 fully saturated rings. The first-order valence-electron chi connectivity index (χ1n) is 17.3. The molecule has 0 aliphatic carbocycles. The molecule has 0 radical (unpaired) electrons. The molecule has 272 valence electrons. The Morgan fingerprint density at radius 1 is 1.00 bits per heavy atom. The fourth-order valence-electron chi connectivity index (χ4n) is 6.09. The van der Waals surface area contributed by atoms with E-state index in [0.717, 1.165) is 35.8 Å². The highest BCUT2D eigenvalue weighted by Crippen LogP contribution is 2.33. The molecule has 2 aromatic carbocycles. The molecule has 5 amide bonds. The largest absolute Gasteiger partial charge is 0.480 e. The van der Waals surface area contributed by atoms with Gasteiger partial charge in [-0.1, -0.05) is 39.3 Å². The summed E-state index contributed by atoms with van der Waals surface area (Å²) in [6, 6.07) is 13.0. The summed E-state index contributed by atoms with van der Waals surface area (Å²) in [6.45, 7) is 6.65. The van der Waals surface area contributed by atoms with E-state index in [1.54, 1.807) is 36.4 Å². The number of carbonyl (C=O) groups is 5. The predicted octanol–water partition coefficient (Wildman–Crippen LogP) is 4.61. The fraction of sp³-hybridized carbons (Fsp3) is 0.459. The molecule has 1 aromatic heterocycles. The van der Waals surface area contributed by atoms with Crippen LogP contribution in [-0.4, -0.2) is 82.0 Å². The third kappa shape index (κ3) is 10.6. The molecule has 0 spiro atoms. The number of nitrogens with one attached hydrogen (secondary N) is 5. The minimum absolute atomic E-state index is 0.0545. The van der Waals surface area contributed by atoms with Crippen molar-refractivity contribution in [3.8, 4) is 11.6 Å². The smallest absolute Gasteiger partial charge is 0.326 e. The molecular weight excluding hydrogens is 673 g/mol. The lowest BCUT2D eigenvalue weighted by Crippen LogP contribution is -2.41. The number of pyridine rings is 1. The molecule has 14 heteroatoms. The molecule has 2 saturated heterocycles. The Labute approximate surface area is 301 Å². The Balaban J connectivity index is 1.05. The number of urea groups is 1. The number of benzene rings is 2. The van der Waals surface area contributed by atoms with Gasteiger partial charge in [0, 0.05) is 53.7 Å². The summed E-state index contributed by atoms with van der Waals surface area (Å²) in [7, 11) is 0. The Hall–Kier alpha value is -4.85. The highest BCUT2D eigenvalue weighted by Gasteiger charge is 2.42. The third-order valence-corrected chi connectivity index (χ3v) is 10.4. The average Bonchev–Trinajstić information content (AvgIpc) is 3.65. The van der Waals surface area contributed by atoms with Crippen LogP contribution in [0.25, 0.3) is 10.8 Å². The van der Waals surface area contributed by atoms with Gasteiger partial charge in [-0.15, -0.1) is 0 Å². The molecule has 0 unspecified atom stereocenters. The first kappa shape index (κ1) is 37.4. The van der Waals surface area contributed by atoms with Crippen LogP contribution in [0.15, 0.2) is 54.7 Å². The predicted molar refractivity (Wildman–Crippen MR) is 195 cm³/mol. The van der Waals surface area contributed by atoms with Gasteiger partial charge < -0.3 is 36.4 Å². The highest BCUT2D eigenvalue weighted by atomic mass is 32.2. The standard InChI is InChI=1S/C37H46N6O7S/c1-37(2,3)16-15-26(35(47)48)41-34(46)24-12-14-31(40-20-24)50-28-8-6-7-22-19-23(11-13-25(22)28)33(45)39-18-17-38-30(44)10-5-4-9-29-32-27(21-51-29)42-36(49)43-32/h6-8,11-14,19-20,26-27,29,32H,4-5,9-10,15-18,21H2,1-3H3,(H,38,44)(H,39,45)(H,41,46)(H,47,48)(H2,42,43,49)/t26-,27-,29-,32-/m0/s1. The second-order valence-electron chi connectivity index (χ2n) is 14.1. The summed E-state index contributed by atoms with van der Waals surface area (Å²) in [5, 5.41) is 25.7. The SMILES string of the molecule is CC(C)(C)CC[C@H](NC(=O)c1ccc(Oc2cccc3cc(C(=O)NCCNC(=O)CCCC[C@@H]4SC[C@@H]5NC(=O)N[C@@H]54)ccc23)nc1)C(=O)O. The van der Waals surface area contributed by atoms with Crippen molar-refractivity contribution in [3.05, 3.63) is 65.9 Å². The number of amides is 5. The van der Waals surface area contributed by atoms with E-state index in [0.29, 0.717) is 42.4 Å². The summed E-state index contributed by atoms with van der Waals surface area (Å²) in [4.78, 5) is 65.3. The molecule has 0 bridgehead atoms. The van der Waals surface area contributed by atoms with Crippen molar-refractivity contribution in [1.29, 1.82) is 0 Å². The summed E-state index contributed by atoms with van der Waals surface area (Å²) in [6.07, 6.45) is 5.33. The molecule has 3 aromatic rings. The van der Waals surface area contributed by atoms with Crippen LogP contribution in [0.2, 0.25) is 0 Å². The van der Waals surface area contributed by atoms with Gasteiger partial charge in [0.05, 0.1) is 17.6 Å². The minimum atomic E-state index is -1.09. The molecule has 6 N–H and O–H groups in total. The van der Waals surface area contributed by atoms with Crippen LogP contribution in [0, 0.1) is 5.41 Å². The zero-order chi connectivity index (χ0) is 36.5. The van der Waals surface area contributed by atoms with Gasteiger partial charge in [-0.3, -0.25) is 14.4 Å². The van der Waals surface area contributed by atoms with Gasteiger partial charge in [-0.05, 0) is 66.8 Å². The van der Waals surface area contributed by atoms with Crippen molar-refractivity contribution in [2.24, 2.45) is 5.41 Å². The van der Waals surface area contributed by atoms with Gasteiger partial charge in [-0.2, -0.15) is 11.8 Å². The van der Waals surface area contributed by atoms with E-state index in [9.17, 15) is 29.1 Å². The number of aromatic nitrogens is 1. The number of rotatable bonds is 16. The first-order valence-corrected chi connectivity index (χ1v) is 18.3. The Bertz CT molecular complexity index is 1750. The normalized spacial score (nSPS) is 18.6. The number of carbonyl (C=O) groups excluding carboxylic acids is 4. The van der Waals surface area contributed by atoms with E-state index in [4.69, 9.17) is 4.74 Å². The number of ether oxygens (including phenoxy) is 1. The number of hydrogen-bond donors (Lipinski definition) is 6. The maximum atomic E-state index is 12.9. The first-order chi connectivity index (χ1) is 24.4. The maximum Gasteiger partial charge on any atom is 0.326 e. The van der Waals surface area contributed by atoms with E-state index in [1.807, 2.05) is 38.6 Å². The number of nitrogens with zero attached hydrogens (tertiary/aromatic N) is 1. The monoisotopic (exact) mass is 718 g/mol. The van der Waals surface area contributed by atoms with Gasteiger partial charge in [0.1, 0.15) is 11.8 Å². The number of unbranched alkanes of at least 4 members (excludes halogenated alkanes) is 1. The number of fused-ring (bicyclic) bond motifs is 2. The van der Waals surface area contributed by atoms with E-state index in [1.165, 1.54) is 12.3 Å². The number of carboxylic acid groups (broad SMARTS) is 1. The summed E-state index contributed by atoms with van der Waals surface area (Å²) in [5.74, 6) is -0.265. The zero-order valence-corrected chi connectivity index (χ0v) is 29.9. The van der Waals surface area contributed by atoms with Gasteiger partial charge in [0.2, 0.25) is 11.8 Å². The number of carboxylic acids is 1. The van der Waals surface area contributed by atoms with E-state index in [-0.39, 0.29) is 53.3 Å². The van der Waals surface area contributed by atoms with Crippen LogP contribution in [0.1, 0.15) is 80.0 Å². The van der Waals surface area contributed by atoms with Crippen molar-refractivity contribution in [2.75, 3.05) is 18.8 Å². The molecule has 5 rings (SSSR count). The quantitative estimate of drug-likeness (QED) is 0.0909. The van der Waals surface area contributed by atoms with E-state index in [2.05, 4.69) is 31.6 Å². The Morgan fingerprint density at radius 3 is 2.53 bits per heavy atom. The molecule has 51 heavy (non-hydrogen) atoms. The Morgan fingerprint density at radius 2 is 1.78 bits per heavy atom. The summed E-state index contributed by atoms with van der Waals surface area (Å²) in [5.41, 5.74) is 0.610. The molecule has 13 nitrogen and oxygen atoms in total. The molecule has 4 atom stereocenters. The maximum absolute atomic E-state index is 12.9. The number of thioether (sulfide) groups is 1. The number of hydrogen-bond acceptors (Lipinski definition) is 8. The topological polar surface area (TPSA) is 188 Å². The van der Waals surface area contributed by atoms with Gasteiger partial charge in [-0.25, -0.2) is 14.6 Å². The lowest BCUT2D eigenvalue weighted by atomic mass is 9.88. The van der Waals surface area contributed by atoms with E-state index >= 15 is 0 Å². The summed E-state index contributed by atoms with van der Waals surface area (Å²) >= 11 is 1.87. The van der Waals surface area contributed by atoms with Crippen molar-refractivity contribution < 1.29 is 33.8 Å². The molecule has 0 saturated carbocycles. The van der Waals surface area contributed by atoms with Crippen molar-refractivity contribution in [1.82, 2.24) is 31.6 Å². The van der Waals surface area contributed by atoms with E-state index < -0.39 is 17.9 Å². The van der Waals surface area contributed by atoms with Crippen LogP contribution in [0.4, 0.5) is 4.79 Å². The third-order valence-electron chi connectivity index (χ3n) is 8.92. The van der Waals surface area contributed by atoms with Crippen molar-refractivity contribution in [2.45, 2.75) is 82.7 Å². The fourth-order valence-corrected chi connectivity index (χ4v) is 7.63. The van der Waals surface area contributed by atoms with Gasteiger partial charge >= 0.3 is 12.0 Å². The van der Waals surface area contributed by atoms with Gasteiger partial charge in [0.15, 0.2) is 0 Å². The molecular formula is C37H46N6O7S. The summed E-state index contributed by atoms with van der Waals surface area (Å²) < 4.78 is 6.01. The van der Waals surface area contributed by atoms with Crippen molar-refractivity contribution >= 4 is 52.3 Å². The molecule has 2 aliphatic rings. The average molecular weight is 719 g/mol. The lowest BCUT2D eigenvalue weighted by Gasteiger charge is -2.21. The second-order valence-corrected chi connectivity index (χ2v) is 15.4. The van der Waals surface area contributed by atoms with Gasteiger partial charge in [0.25, 0.3) is 11.8 Å². The van der Waals surface area contributed by atoms with Crippen LogP contribution in [0.5, 0.6) is 11.6 Å². The van der Waals surface area contributed by atoms with Crippen LogP contribution in [0.3, 0.4) is 0 Å². The number of aliphatic carboxylic acids is 1. The van der Waals surface area contributed by atoms with Crippen LogP contribution < -0.4 is 31.3 Å². The highest BCUT2D eigenvalue weighted by molar-refractivity contribution is 8.00. The minimum Gasteiger partial charge on any atom is -0.480 e. The molecule has 2 aliphatic heterocycles. The van der Waals surface area contributed by atoms with Crippen molar-refractivity contribution in [3.63, 3.8) is 0 Å². The Kier molecular flexibility index (Phi) is 12.4. The molecule has 3 heterocycles.